The fraction of sp³-hybridized carbons (Fsp3) is 0.375. The third kappa shape index (κ3) is 2.22. The van der Waals surface area contributed by atoms with Gasteiger partial charge in [-0.25, -0.2) is 0 Å². The molecule has 20 heavy (non-hydrogen) atoms. The number of carbonyl (C=O) groups excluding carboxylic acids is 1. The van der Waals surface area contributed by atoms with Crippen molar-refractivity contribution in [3.8, 4) is 0 Å². The van der Waals surface area contributed by atoms with Crippen LogP contribution >= 0.6 is 0 Å². The molecule has 1 aliphatic heterocycles. The van der Waals surface area contributed by atoms with Crippen LogP contribution in [-0.2, 0) is 0 Å². The van der Waals surface area contributed by atoms with E-state index < -0.39 is 0 Å². The lowest BCUT2D eigenvalue weighted by Crippen LogP contribution is -2.31. The number of rotatable bonds is 2. The second kappa shape index (κ2) is 5.12. The van der Waals surface area contributed by atoms with Gasteiger partial charge >= 0.3 is 0 Å². The zero-order chi connectivity index (χ0) is 14.1. The first kappa shape index (κ1) is 12.9. The fourth-order valence-corrected chi connectivity index (χ4v) is 2.83. The molecule has 0 radical (unpaired) electrons. The van der Waals surface area contributed by atoms with Crippen LogP contribution in [0.5, 0.6) is 0 Å². The SMILES string of the molecule is Cc1cc([C@@H]2CCCN2C(=O)c2ccccc2C)no1. The number of aromatic nitrogens is 1. The minimum absolute atomic E-state index is 0.0413. The minimum Gasteiger partial charge on any atom is -0.361 e. The van der Waals surface area contributed by atoms with Crippen LogP contribution in [-0.4, -0.2) is 22.5 Å². The Hall–Kier alpha value is -2.10. The Morgan fingerprint density at radius 1 is 1.35 bits per heavy atom. The molecule has 1 amide bonds. The van der Waals surface area contributed by atoms with E-state index in [4.69, 9.17) is 4.52 Å². The van der Waals surface area contributed by atoms with Crippen molar-refractivity contribution in [2.24, 2.45) is 0 Å². The van der Waals surface area contributed by atoms with Gasteiger partial charge in [-0.15, -0.1) is 0 Å². The maximum absolute atomic E-state index is 12.7. The average Bonchev–Trinajstić information content (AvgIpc) is 3.06. The standard InChI is InChI=1S/C16H18N2O2/c1-11-6-3-4-7-13(11)16(19)18-9-5-8-15(18)14-10-12(2)20-17-14/h3-4,6-7,10,15H,5,8-9H2,1-2H3/t15-/m0/s1. The first-order valence-corrected chi connectivity index (χ1v) is 6.96. The third-order valence-corrected chi connectivity index (χ3v) is 3.88. The molecule has 0 aliphatic carbocycles. The van der Waals surface area contributed by atoms with Gasteiger partial charge in [0.2, 0.25) is 0 Å². The maximum atomic E-state index is 12.7. The molecular weight excluding hydrogens is 252 g/mol. The summed E-state index contributed by atoms with van der Waals surface area (Å²) >= 11 is 0. The summed E-state index contributed by atoms with van der Waals surface area (Å²) in [5, 5.41) is 4.08. The molecule has 1 aromatic carbocycles. The van der Waals surface area contributed by atoms with Gasteiger partial charge in [-0.2, -0.15) is 0 Å². The smallest absolute Gasteiger partial charge is 0.254 e. The van der Waals surface area contributed by atoms with Crippen LogP contribution in [0.2, 0.25) is 0 Å². The number of hydrogen-bond acceptors (Lipinski definition) is 3. The summed E-state index contributed by atoms with van der Waals surface area (Å²) in [6.07, 6.45) is 1.96. The summed E-state index contributed by atoms with van der Waals surface area (Å²) in [7, 11) is 0. The quantitative estimate of drug-likeness (QED) is 0.841. The van der Waals surface area contributed by atoms with Gasteiger partial charge in [0.1, 0.15) is 11.5 Å². The highest BCUT2D eigenvalue weighted by atomic mass is 16.5. The summed E-state index contributed by atoms with van der Waals surface area (Å²) in [4.78, 5) is 14.6. The van der Waals surface area contributed by atoms with Gasteiger partial charge in [-0.3, -0.25) is 4.79 Å². The summed E-state index contributed by atoms with van der Waals surface area (Å²) < 4.78 is 5.15. The second-order valence-corrected chi connectivity index (χ2v) is 5.33. The molecule has 1 aliphatic rings. The molecule has 104 valence electrons. The highest BCUT2D eigenvalue weighted by Gasteiger charge is 2.32. The van der Waals surface area contributed by atoms with Gasteiger partial charge in [0, 0.05) is 18.2 Å². The molecule has 1 saturated heterocycles. The molecule has 0 saturated carbocycles. The molecule has 1 aromatic heterocycles. The van der Waals surface area contributed by atoms with E-state index in [1.807, 2.05) is 49.1 Å². The largest absolute Gasteiger partial charge is 0.361 e. The number of aryl methyl sites for hydroxylation is 2. The predicted molar refractivity (Wildman–Crippen MR) is 75.4 cm³/mol. The first-order valence-electron chi connectivity index (χ1n) is 6.96. The van der Waals surface area contributed by atoms with Crippen molar-refractivity contribution in [2.45, 2.75) is 32.7 Å². The van der Waals surface area contributed by atoms with Crippen LogP contribution in [0.4, 0.5) is 0 Å². The van der Waals surface area contributed by atoms with Gasteiger partial charge in [0.25, 0.3) is 5.91 Å². The zero-order valence-electron chi connectivity index (χ0n) is 11.8. The van der Waals surface area contributed by atoms with E-state index in [0.29, 0.717) is 0 Å². The highest BCUT2D eigenvalue weighted by molar-refractivity contribution is 5.96. The first-order chi connectivity index (χ1) is 9.66. The maximum Gasteiger partial charge on any atom is 0.254 e. The van der Waals surface area contributed by atoms with E-state index in [0.717, 1.165) is 42.0 Å². The van der Waals surface area contributed by atoms with E-state index in [9.17, 15) is 4.79 Å². The topological polar surface area (TPSA) is 46.3 Å². The molecule has 1 fully saturated rings. The Morgan fingerprint density at radius 2 is 2.15 bits per heavy atom. The Kier molecular flexibility index (Phi) is 3.30. The van der Waals surface area contributed by atoms with Crippen molar-refractivity contribution < 1.29 is 9.32 Å². The number of hydrogen-bond donors (Lipinski definition) is 0. The molecule has 0 N–H and O–H groups in total. The predicted octanol–water partition coefficient (Wildman–Crippen LogP) is 3.27. The van der Waals surface area contributed by atoms with Gasteiger partial charge < -0.3 is 9.42 Å². The van der Waals surface area contributed by atoms with Gasteiger partial charge in [0.05, 0.1) is 6.04 Å². The van der Waals surface area contributed by atoms with E-state index >= 15 is 0 Å². The molecule has 2 aromatic rings. The second-order valence-electron chi connectivity index (χ2n) is 5.33. The lowest BCUT2D eigenvalue weighted by Gasteiger charge is -2.23. The summed E-state index contributed by atoms with van der Waals surface area (Å²) in [6.45, 7) is 4.63. The molecule has 1 atom stereocenters. The molecule has 2 heterocycles. The van der Waals surface area contributed by atoms with Crippen molar-refractivity contribution in [3.63, 3.8) is 0 Å². The van der Waals surface area contributed by atoms with Gasteiger partial charge in [-0.1, -0.05) is 23.4 Å². The van der Waals surface area contributed by atoms with Crippen molar-refractivity contribution in [3.05, 3.63) is 52.9 Å². The molecule has 0 bridgehead atoms. The van der Waals surface area contributed by atoms with Crippen LogP contribution < -0.4 is 0 Å². The summed E-state index contributed by atoms with van der Waals surface area (Å²) in [6, 6.07) is 9.69. The van der Waals surface area contributed by atoms with Crippen LogP contribution in [0.15, 0.2) is 34.9 Å². The molecular formula is C16H18N2O2. The molecule has 4 heteroatoms. The fourth-order valence-electron chi connectivity index (χ4n) is 2.83. The molecule has 4 nitrogen and oxygen atoms in total. The third-order valence-electron chi connectivity index (χ3n) is 3.88. The van der Waals surface area contributed by atoms with Gasteiger partial charge in [0.15, 0.2) is 0 Å². The van der Waals surface area contributed by atoms with Crippen LogP contribution in [0, 0.1) is 13.8 Å². The number of benzene rings is 1. The van der Waals surface area contributed by atoms with E-state index in [-0.39, 0.29) is 11.9 Å². The number of carbonyl (C=O) groups is 1. The Labute approximate surface area is 118 Å². The Morgan fingerprint density at radius 3 is 2.85 bits per heavy atom. The monoisotopic (exact) mass is 270 g/mol. The lowest BCUT2D eigenvalue weighted by atomic mass is 10.1. The van der Waals surface area contributed by atoms with Crippen molar-refractivity contribution in [2.75, 3.05) is 6.54 Å². The highest BCUT2D eigenvalue weighted by Crippen LogP contribution is 2.33. The number of likely N-dealkylation sites (tertiary alicyclic amines) is 1. The number of nitrogens with zero attached hydrogens (tertiary/aromatic N) is 2. The average molecular weight is 270 g/mol. The molecule has 0 unspecified atom stereocenters. The van der Waals surface area contributed by atoms with Gasteiger partial charge in [-0.05, 0) is 38.3 Å². The van der Waals surface area contributed by atoms with E-state index in [1.54, 1.807) is 0 Å². The molecule has 0 spiro atoms. The summed E-state index contributed by atoms with van der Waals surface area (Å²) in [5.41, 5.74) is 2.65. The van der Waals surface area contributed by atoms with Crippen LogP contribution in [0.25, 0.3) is 0 Å². The normalized spacial score (nSPS) is 18.5. The Bertz CT molecular complexity index is 633. The Balaban J connectivity index is 1.89. The lowest BCUT2D eigenvalue weighted by molar-refractivity contribution is 0.0730. The summed E-state index contributed by atoms with van der Waals surface area (Å²) in [5.74, 6) is 0.876. The van der Waals surface area contributed by atoms with E-state index in [2.05, 4.69) is 5.16 Å². The van der Waals surface area contributed by atoms with Crippen molar-refractivity contribution >= 4 is 5.91 Å². The molecule has 3 rings (SSSR count). The zero-order valence-corrected chi connectivity index (χ0v) is 11.8. The van der Waals surface area contributed by atoms with Crippen molar-refractivity contribution in [1.82, 2.24) is 10.1 Å². The van der Waals surface area contributed by atoms with Crippen molar-refractivity contribution in [1.29, 1.82) is 0 Å². The van der Waals surface area contributed by atoms with E-state index in [1.165, 1.54) is 0 Å². The minimum atomic E-state index is 0.0413. The number of amides is 1. The van der Waals surface area contributed by atoms with Crippen LogP contribution in [0.3, 0.4) is 0 Å². The van der Waals surface area contributed by atoms with Crippen LogP contribution in [0.1, 0.15) is 46.3 Å².